The second-order valence-corrected chi connectivity index (χ2v) is 6.05. The molecular weight excluding hydrogens is 276 g/mol. The highest BCUT2D eigenvalue weighted by molar-refractivity contribution is 5.84. The van der Waals surface area contributed by atoms with Crippen LogP contribution in [0.15, 0.2) is 28.8 Å². The number of carbonyl (C=O) groups is 1. The Balaban J connectivity index is 2.45. The molecule has 0 aliphatic heterocycles. The van der Waals surface area contributed by atoms with Gasteiger partial charge in [0.15, 0.2) is 5.96 Å². The number of hydrogen-bond acceptors (Lipinski definition) is 2. The molecule has 0 unspecified atom stereocenters. The van der Waals surface area contributed by atoms with Crippen LogP contribution in [0, 0.1) is 0 Å². The van der Waals surface area contributed by atoms with Crippen LogP contribution < -0.4 is 10.6 Å². The SMILES string of the molecule is C=C(C)CNC(=NCC(=O)N(C)C)NCCC1=CCCCC1. The molecule has 0 atom stereocenters. The summed E-state index contributed by atoms with van der Waals surface area (Å²) in [4.78, 5) is 17.5. The maximum atomic E-state index is 11.6. The molecule has 1 aliphatic rings. The third-order valence-electron chi connectivity index (χ3n) is 3.55. The number of nitrogens with one attached hydrogen (secondary N) is 2. The molecule has 0 fully saturated rings. The predicted molar refractivity (Wildman–Crippen MR) is 93.0 cm³/mol. The van der Waals surface area contributed by atoms with Crippen molar-refractivity contribution < 1.29 is 4.79 Å². The Morgan fingerprint density at radius 1 is 1.36 bits per heavy atom. The minimum atomic E-state index is -0.00795. The fourth-order valence-corrected chi connectivity index (χ4v) is 2.17. The number of rotatable bonds is 7. The van der Waals surface area contributed by atoms with Gasteiger partial charge < -0.3 is 15.5 Å². The normalized spacial score (nSPS) is 15.0. The highest BCUT2D eigenvalue weighted by Gasteiger charge is 2.06. The molecule has 0 radical (unpaired) electrons. The van der Waals surface area contributed by atoms with Gasteiger partial charge in [0.2, 0.25) is 5.91 Å². The zero-order valence-electron chi connectivity index (χ0n) is 14.2. The van der Waals surface area contributed by atoms with Crippen LogP contribution in [0.4, 0.5) is 0 Å². The predicted octanol–water partition coefficient (Wildman–Crippen LogP) is 2.08. The van der Waals surface area contributed by atoms with Gasteiger partial charge in [-0.15, -0.1) is 0 Å². The van der Waals surface area contributed by atoms with E-state index in [0.29, 0.717) is 12.5 Å². The summed E-state index contributed by atoms with van der Waals surface area (Å²) in [7, 11) is 3.48. The highest BCUT2D eigenvalue weighted by Crippen LogP contribution is 2.19. The Morgan fingerprint density at radius 2 is 2.14 bits per heavy atom. The van der Waals surface area contributed by atoms with Gasteiger partial charge in [0.05, 0.1) is 0 Å². The molecule has 0 aromatic rings. The van der Waals surface area contributed by atoms with Crippen LogP contribution in [-0.2, 0) is 4.79 Å². The van der Waals surface area contributed by atoms with Gasteiger partial charge in [-0.1, -0.05) is 23.8 Å². The van der Waals surface area contributed by atoms with E-state index < -0.39 is 0 Å². The number of aliphatic imine (C=N–C) groups is 1. The standard InChI is InChI=1S/C17H30N4O/c1-14(2)12-19-17(20-13-16(22)21(3)4)18-11-10-15-8-6-5-7-9-15/h8H,1,5-7,9-13H2,2-4H3,(H2,18,19,20). The summed E-state index contributed by atoms with van der Waals surface area (Å²) < 4.78 is 0. The van der Waals surface area contributed by atoms with Gasteiger partial charge in [-0.05, 0) is 39.0 Å². The van der Waals surface area contributed by atoms with Gasteiger partial charge in [0, 0.05) is 27.2 Å². The molecule has 5 nitrogen and oxygen atoms in total. The number of amides is 1. The smallest absolute Gasteiger partial charge is 0.243 e. The molecule has 124 valence electrons. The van der Waals surface area contributed by atoms with E-state index in [-0.39, 0.29) is 12.5 Å². The summed E-state index contributed by atoms with van der Waals surface area (Å²) in [5.74, 6) is 0.668. The van der Waals surface area contributed by atoms with Crippen LogP contribution in [-0.4, -0.2) is 50.5 Å². The lowest BCUT2D eigenvalue weighted by Gasteiger charge is -2.16. The fourth-order valence-electron chi connectivity index (χ4n) is 2.17. The van der Waals surface area contributed by atoms with E-state index in [1.165, 1.54) is 31.3 Å². The molecule has 0 saturated carbocycles. The first-order valence-corrected chi connectivity index (χ1v) is 8.03. The van der Waals surface area contributed by atoms with E-state index in [1.807, 2.05) is 6.92 Å². The highest BCUT2D eigenvalue weighted by atomic mass is 16.2. The van der Waals surface area contributed by atoms with Crippen LogP contribution in [0.5, 0.6) is 0 Å². The van der Waals surface area contributed by atoms with Crippen molar-refractivity contribution in [3.8, 4) is 0 Å². The Kier molecular flexibility index (Phi) is 8.33. The van der Waals surface area contributed by atoms with Crippen molar-refractivity contribution in [2.24, 2.45) is 4.99 Å². The minimum Gasteiger partial charge on any atom is -0.356 e. The third kappa shape index (κ3) is 7.86. The Labute approximate surface area is 134 Å². The molecule has 2 N–H and O–H groups in total. The topological polar surface area (TPSA) is 56.7 Å². The quantitative estimate of drug-likeness (QED) is 0.430. The molecule has 0 aromatic carbocycles. The molecule has 22 heavy (non-hydrogen) atoms. The van der Waals surface area contributed by atoms with Crippen molar-refractivity contribution in [1.29, 1.82) is 0 Å². The molecule has 0 saturated heterocycles. The molecule has 0 spiro atoms. The lowest BCUT2D eigenvalue weighted by atomic mass is 9.97. The van der Waals surface area contributed by atoms with Crippen molar-refractivity contribution in [3.05, 3.63) is 23.8 Å². The number of allylic oxidation sites excluding steroid dienone is 1. The second kappa shape index (κ2) is 10.0. The average Bonchev–Trinajstić information content (AvgIpc) is 2.49. The number of nitrogens with zero attached hydrogens (tertiary/aromatic N) is 2. The summed E-state index contributed by atoms with van der Waals surface area (Å²) in [6.45, 7) is 7.48. The van der Waals surface area contributed by atoms with E-state index in [9.17, 15) is 4.79 Å². The zero-order chi connectivity index (χ0) is 16.4. The Bertz CT molecular complexity index is 438. The summed E-state index contributed by atoms with van der Waals surface area (Å²) in [6.07, 6.45) is 8.44. The zero-order valence-corrected chi connectivity index (χ0v) is 14.2. The average molecular weight is 306 g/mol. The minimum absolute atomic E-state index is 0.00795. The van der Waals surface area contributed by atoms with Gasteiger partial charge in [-0.2, -0.15) is 0 Å². The lowest BCUT2D eigenvalue weighted by molar-refractivity contribution is -0.127. The lowest BCUT2D eigenvalue weighted by Crippen LogP contribution is -2.39. The largest absolute Gasteiger partial charge is 0.356 e. The summed E-state index contributed by atoms with van der Waals surface area (Å²) in [5, 5.41) is 6.50. The number of likely N-dealkylation sites (N-methyl/N-ethyl adjacent to an activating group) is 1. The van der Waals surface area contributed by atoms with Crippen molar-refractivity contribution >= 4 is 11.9 Å². The van der Waals surface area contributed by atoms with E-state index in [2.05, 4.69) is 28.3 Å². The number of guanidine groups is 1. The van der Waals surface area contributed by atoms with Gasteiger partial charge >= 0.3 is 0 Å². The first-order valence-electron chi connectivity index (χ1n) is 8.03. The summed E-state index contributed by atoms with van der Waals surface area (Å²) in [5.41, 5.74) is 2.56. The van der Waals surface area contributed by atoms with Crippen LogP contribution in [0.2, 0.25) is 0 Å². The van der Waals surface area contributed by atoms with Gasteiger partial charge in [-0.25, -0.2) is 4.99 Å². The maximum Gasteiger partial charge on any atom is 0.243 e. The first kappa shape index (κ1) is 18.3. The van der Waals surface area contributed by atoms with Crippen molar-refractivity contribution in [2.45, 2.75) is 39.0 Å². The fraction of sp³-hybridized carbons (Fsp3) is 0.647. The van der Waals surface area contributed by atoms with Crippen LogP contribution in [0.3, 0.4) is 0 Å². The van der Waals surface area contributed by atoms with Gasteiger partial charge in [0.25, 0.3) is 0 Å². The molecule has 0 aromatic heterocycles. The Hall–Kier alpha value is -1.78. The summed E-state index contributed by atoms with van der Waals surface area (Å²) >= 11 is 0. The Morgan fingerprint density at radius 3 is 2.73 bits per heavy atom. The van der Waals surface area contributed by atoms with E-state index in [1.54, 1.807) is 19.0 Å². The second-order valence-electron chi connectivity index (χ2n) is 6.05. The number of carbonyl (C=O) groups excluding carboxylic acids is 1. The van der Waals surface area contributed by atoms with Crippen LogP contribution in [0.1, 0.15) is 39.0 Å². The maximum absolute atomic E-state index is 11.6. The van der Waals surface area contributed by atoms with E-state index in [0.717, 1.165) is 18.5 Å². The van der Waals surface area contributed by atoms with Crippen LogP contribution >= 0.6 is 0 Å². The van der Waals surface area contributed by atoms with Gasteiger partial charge in [-0.3, -0.25) is 4.79 Å². The van der Waals surface area contributed by atoms with Crippen molar-refractivity contribution in [1.82, 2.24) is 15.5 Å². The van der Waals surface area contributed by atoms with Crippen molar-refractivity contribution in [3.63, 3.8) is 0 Å². The van der Waals surface area contributed by atoms with Crippen LogP contribution in [0.25, 0.3) is 0 Å². The van der Waals surface area contributed by atoms with E-state index in [4.69, 9.17) is 0 Å². The van der Waals surface area contributed by atoms with Gasteiger partial charge in [0.1, 0.15) is 6.54 Å². The molecule has 0 bridgehead atoms. The number of hydrogen-bond donors (Lipinski definition) is 2. The molecule has 1 rings (SSSR count). The molecular formula is C17H30N4O. The first-order chi connectivity index (χ1) is 10.5. The third-order valence-corrected chi connectivity index (χ3v) is 3.55. The molecule has 5 heteroatoms. The summed E-state index contributed by atoms with van der Waals surface area (Å²) in [6, 6.07) is 0. The molecule has 0 heterocycles. The monoisotopic (exact) mass is 306 g/mol. The van der Waals surface area contributed by atoms with Crippen molar-refractivity contribution in [2.75, 3.05) is 33.7 Å². The molecule has 1 amide bonds. The van der Waals surface area contributed by atoms with E-state index >= 15 is 0 Å². The molecule has 1 aliphatic carbocycles.